The SMILES string of the molecule is CC(O)Cc1ccccc1O.COC(=O)[C@]1(O)C[C@H](OC(=O)/C=C/c2ccc(O)c(O)c2)[C@@H](O)[C@@H](O)C1. The van der Waals surface area contributed by atoms with Crippen LogP contribution in [0.4, 0.5) is 0 Å². The van der Waals surface area contributed by atoms with E-state index in [1.807, 2.05) is 12.1 Å². The summed E-state index contributed by atoms with van der Waals surface area (Å²) in [5, 5.41) is 66.9. The summed E-state index contributed by atoms with van der Waals surface area (Å²) in [7, 11) is 1.06. The summed E-state index contributed by atoms with van der Waals surface area (Å²) in [5.74, 6) is -2.32. The molecule has 1 aliphatic carbocycles. The molecular formula is C26H32O11. The molecule has 1 aliphatic rings. The highest BCUT2D eigenvalue weighted by atomic mass is 16.6. The van der Waals surface area contributed by atoms with Crippen molar-refractivity contribution in [2.45, 2.75) is 56.2 Å². The van der Waals surface area contributed by atoms with Gasteiger partial charge in [0, 0.05) is 25.3 Å². The number of hydrogen-bond acceptors (Lipinski definition) is 11. The van der Waals surface area contributed by atoms with Gasteiger partial charge in [-0.25, -0.2) is 9.59 Å². The summed E-state index contributed by atoms with van der Waals surface area (Å²) in [6, 6.07) is 10.9. The molecule has 1 saturated carbocycles. The fourth-order valence-corrected chi connectivity index (χ4v) is 3.72. The van der Waals surface area contributed by atoms with Crippen LogP contribution in [-0.4, -0.2) is 84.8 Å². The molecule has 2 aromatic carbocycles. The van der Waals surface area contributed by atoms with Gasteiger partial charge in [-0.3, -0.25) is 0 Å². The molecule has 7 N–H and O–H groups in total. The van der Waals surface area contributed by atoms with Gasteiger partial charge in [0.05, 0.1) is 19.3 Å². The third-order valence-electron chi connectivity index (χ3n) is 5.61. The van der Waals surface area contributed by atoms with E-state index in [9.17, 15) is 40.2 Å². The van der Waals surface area contributed by atoms with Crippen LogP contribution < -0.4 is 0 Å². The molecule has 0 heterocycles. The van der Waals surface area contributed by atoms with Gasteiger partial charge >= 0.3 is 11.9 Å². The molecule has 1 unspecified atom stereocenters. The van der Waals surface area contributed by atoms with E-state index in [1.165, 1.54) is 24.3 Å². The Balaban J connectivity index is 0.000000364. The maximum absolute atomic E-state index is 11.9. The summed E-state index contributed by atoms with van der Waals surface area (Å²) in [5.41, 5.74) is -0.889. The van der Waals surface area contributed by atoms with Crippen LogP contribution in [0.2, 0.25) is 0 Å². The number of ether oxygens (including phenoxy) is 2. The van der Waals surface area contributed by atoms with Crippen LogP contribution in [0.15, 0.2) is 48.5 Å². The summed E-state index contributed by atoms with van der Waals surface area (Å²) in [6.07, 6.45) is -2.77. The lowest BCUT2D eigenvalue weighted by atomic mass is 9.79. The van der Waals surface area contributed by atoms with Gasteiger partial charge in [0.1, 0.15) is 18.0 Å². The van der Waals surface area contributed by atoms with E-state index in [0.717, 1.165) is 18.7 Å². The average molecular weight is 521 g/mol. The Morgan fingerprint density at radius 2 is 1.73 bits per heavy atom. The van der Waals surface area contributed by atoms with E-state index in [-0.39, 0.29) is 17.2 Å². The molecule has 0 saturated heterocycles. The molecule has 5 atom stereocenters. The van der Waals surface area contributed by atoms with Crippen molar-refractivity contribution >= 4 is 18.0 Å². The number of aromatic hydroxyl groups is 3. The molecule has 0 aromatic heterocycles. The largest absolute Gasteiger partial charge is 0.508 e. The number of aliphatic hydroxyl groups excluding tert-OH is 3. The minimum absolute atomic E-state index is 0.258. The average Bonchev–Trinajstić information content (AvgIpc) is 2.84. The summed E-state index contributed by atoms with van der Waals surface area (Å²) < 4.78 is 9.50. The first-order valence-corrected chi connectivity index (χ1v) is 11.4. The number of benzene rings is 2. The van der Waals surface area contributed by atoms with Crippen molar-refractivity contribution in [1.29, 1.82) is 0 Å². The standard InChI is InChI=1S/C17H20O9.C9H12O2/c1-25-16(23)17(24)7-12(20)15(22)13(8-17)26-14(21)5-3-9-2-4-10(18)11(19)6-9;1-7(10)6-8-4-2-3-5-9(8)11/h2-6,12-13,15,18-20,22,24H,7-8H2,1H3;2-5,7,10-11H,6H2,1H3/b5-3+;/t12-,13-,15-,17+;/m0./s1. The van der Waals surface area contributed by atoms with E-state index in [2.05, 4.69) is 4.74 Å². The Labute approximate surface area is 213 Å². The van der Waals surface area contributed by atoms with Crippen molar-refractivity contribution in [3.05, 3.63) is 59.7 Å². The van der Waals surface area contributed by atoms with Crippen LogP contribution in [0.5, 0.6) is 17.2 Å². The first-order valence-electron chi connectivity index (χ1n) is 11.4. The first-order chi connectivity index (χ1) is 17.4. The summed E-state index contributed by atoms with van der Waals surface area (Å²) in [4.78, 5) is 23.6. The van der Waals surface area contributed by atoms with Crippen LogP contribution in [0.3, 0.4) is 0 Å². The molecule has 0 radical (unpaired) electrons. The maximum atomic E-state index is 11.9. The summed E-state index contributed by atoms with van der Waals surface area (Å²) in [6.45, 7) is 1.70. The quantitative estimate of drug-likeness (QED) is 0.161. The monoisotopic (exact) mass is 520 g/mol. The lowest BCUT2D eigenvalue weighted by Crippen LogP contribution is -2.57. The number of para-hydroxylation sites is 1. The van der Waals surface area contributed by atoms with Crippen LogP contribution in [-0.2, 0) is 25.5 Å². The van der Waals surface area contributed by atoms with Gasteiger partial charge in [0.25, 0.3) is 0 Å². The molecule has 202 valence electrons. The van der Waals surface area contributed by atoms with E-state index in [0.29, 0.717) is 12.0 Å². The number of aliphatic hydroxyl groups is 4. The lowest BCUT2D eigenvalue weighted by molar-refractivity contribution is -0.198. The minimum atomic E-state index is -2.08. The Morgan fingerprint density at radius 1 is 1.05 bits per heavy atom. The molecule has 0 amide bonds. The molecular weight excluding hydrogens is 488 g/mol. The van der Waals surface area contributed by atoms with Gasteiger partial charge in [-0.1, -0.05) is 24.3 Å². The van der Waals surface area contributed by atoms with Crippen molar-refractivity contribution in [1.82, 2.24) is 0 Å². The second-order valence-corrected chi connectivity index (χ2v) is 8.73. The highest BCUT2D eigenvalue weighted by molar-refractivity contribution is 5.87. The van der Waals surface area contributed by atoms with Crippen LogP contribution in [0.1, 0.15) is 30.9 Å². The zero-order valence-electron chi connectivity index (χ0n) is 20.4. The highest BCUT2D eigenvalue weighted by Gasteiger charge is 2.51. The zero-order valence-corrected chi connectivity index (χ0v) is 20.4. The van der Waals surface area contributed by atoms with Gasteiger partial charge < -0.3 is 45.2 Å². The smallest absolute Gasteiger partial charge is 0.338 e. The Morgan fingerprint density at radius 3 is 2.32 bits per heavy atom. The van der Waals surface area contributed by atoms with Crippen molar-refractivity contribution < 1.29 is 54.8 Å². The zero-order chi connectivity index (χ0) is 27.8. The van der Waals surface area contributed by atoms with Gasteiger partial charge in [-0.15, -0.1) is 0 Å². The first kappa shape index (κ1) is 29.6. The normalized spacial score (nSPS) is 24.0. The van der Waals surface area contributed by atoms with Crippen molar-refractivity contribution in [2.75, 3.05) is 7.11 Å². The van der Waals surface area contributed by atoms with Gasteiger partial charge in [-0.2, -0.15) is 0 Å². The highest BCUT2D eigenvalue weighted by Crippen LogP contribution is 2.32. The van der Waals surface area contributed by atoms with E-state index >= 15 is 0 Å². The molecule has 1 fully saturated rings. The van der Waals surface area contributed by atoms with Crippen molar-refractivity contribution in [2.24, 2.45) is 0 Å². The number of carbonyl (C=O) groups excluding carboxylic acids is 2. The maximum Gasteiger partial charge on any atom is 0.338 e. The van der Waals surface area contributed by atoms with Gasteiger partial charge in [0.2, 0.25) is 0 Å². The molecule has 37 heavy (non-hydrogen) atoms. The minimum Gasteiger partial charge on any atom is -0.508 e. The summed E-state index contributed by atoms with van der Waals surface area (Å²) >= 11 is 0. The van der Waals surface area contributed by atoms with Crippen LogP contribution in [0.25, 0.3) is 6.08 Å². The topological polar surface area (TPSA) is 194 Å². The predicted octanol–water partition coefficient (Wildman–Crippen LogP) is 0.758. The fourth-order valence-electron chi connectivity index (χ4n) is 3.72. The van der Waals surface area contributed by atoms with E-state index in [1.54, 1.807) is 19.1 Å². The number of methoxy groups -OCH3 is 1. The molecule has 0 aliphatic heterocycles. The van der Waals surface area contributed by atoms with Crippen LogP contribution in [0, 0.1) is 0 Å². The molecule has 11 nitrogen and oxygen atoms in total. The molecule has 0 bridgehead atoms. The fraction of sp³-hybridized carbons (Fsp3) is 0.385. The number of rotatable bonds is 6. The van der Waals surface area contributed by atoms with Crippen molar-refractivity contribution in [3.63, 3.8) is 0 Å². The third-order valence-corrected chi connectivity index (χ3v) is 5.61. The van der Waals surface area contributed by atoms with Crippen LogP contribution >= 0.6 is 0 Å². The number of carbonyl (C=O) groups is 2. The number of phenolic OH excluding ortho intramolecular Hbond substituents is 3. The molecule has 11 heteroatoms. The number of phenols is 3. The van der Waals surface area contributed by atoms with Gasteiger partial charge in [0.15, 0.2) is 17.1 Å². The van der Waals surface area contributed by atoms with E-state index < -0.39 is 54.8 Å². The predicted molar refractivity (Wildman–Crippen MR) is 130 cm³/mol. The number of hydrogen-bond donors (Lipinski definition) is 7. The second kappa shape index (κ2) is 13.1. The van der Waals surface area contributed by atoms with Gasteiger partial charge in [-0.05, 0) is 42.3 Å². The van der Waals surface area contributed by atoms with Crippen molar-refractivity contribution in [3.8, 4) is 17.2 Å². The second-order valence-electron chi connectivity index (χ2n) is 8.73. The molecule has 2 aromatic rings. The third kappa shape index (κ3) is 8.46. The van der Waals surface area contributed by atoms with E-state index in [4.69, 9.17) is 9.84 Å². The Bertz CT molecular complexity index is 1100. The molecule has 0 spiro atoms. The molecule has 3 rings (SSSR count). The number of esters is 2. The lowest BCUT2D eigenvalue weighted by Gasteiger charge is -2.39. The Kier molecular flexibility index (Phi) is 10.4. The Hall–Kier alpha value is -3.64.